The van der Waals surface area contributed by atoms with Crippen molar-refractivity contribution in [3.63, 3.8) is 0 Å². The zero-order chi connectivity index (χ0) is 13.0. The SMILES string of the molecule is COC(=O)c1ccc(N)c(OC2CCCOC2)c1. The van der Waals surface area contributed by atoms with Crippen molar-refractivity contribution in [1.82, 2.24) is 0 Å². The molecule has 1 aliphatic rings. The lowest BCUT2D eigenvalue weighted by atomic mass is 10.1. The minimum atomic E-state index is -0.403. The second kappa shape index (κ2) is 5.73. The van der Waals surface area contributed by atoms with Crippen LogP contribution in [0, 0.1) is 0 Å². The first-order valence-electron chi connectivity index (χ1n) is 5.93. The Hall–Kier alpha value is -1.75. The van der Waals surface area contributed by atoms with Crippen LogP contribution in [0.2, 0.25) is 0 Å². The maximum Gasteiger partial charge on any atom is 0.337 e. The van der Waals surface area contributed by atoms with Crippen LogP contribution in [0.4, 0.5) is 5.69 Å². The van der Waals surface area contributed by atoms with E-state index in [1.54, 1.807) is 18.2 Å². The summed E-state index contributed by atoms with van der Waals surface area (Å²) in [6.07, 6.45) is 1.90. The van der Waals surface area contributed by atoms with Gasteiger partial charge in [0.15, 0.2) is 0 Å². The predicted octanol–water partition coefficient (Wildman–Crippen LogP) is 1.61. The van der Waals surface area contributed by atoms with Crippen LogP contribution in [-0.4, -0.2) is 32.4 Å². The molecule has 1 unspecified atom stereocenters. The number of nitrogens with two attached hydrogens (primary N) is 1. The summed E-state index contributed by atoms with van der Waals surface area (Å²) in [7, 11) is 1.34. The van der Waals surface area contributed by atoms with Crippen molar-refractivity contribution in [3.05, 3.63) is 23.8 Å². The lowest BCUT2D eigenvalue weighted by molar-refractivity contribution is 0.00769. The average Bonchev–Trinajstić information content (AvgIpc) is 2.41. The molecule has 5 heteroatoms. The van der Waals surface area contributed by atoms with Crippen LogP contribution in [-0.2, 0) is 9.47 Å². The maximum atomic E-state index is 11.4. The number of esters is 1. The molecule has 0 amide bonds. The van der Waals surface area contributed by atoms with Gasteiger partial charge in [0.2, 0.25) is 0 Å². The number of methoxy groups -OCH3 is 1. The summed E-state index contributed by atoms with van der Waals surface area (Å²) >= 11 is 0. The van der Waals surface area contributed by atoms with Crippen molar-refractivity contribution in [2.75, 3.05) is 26.1 Å². The van der Waals surface area contributed by atoms with Gasteiger partial charge in [0.25, 0.3) is 0 Å². The van der Waals surface area contributed by atoms with Gasteiger partial charge in [0.1, 0.15) is 11.9 Å². The maximum absolute atomic E-state index is 11.4. The van der Waals surface area contributed by atoms with Gasteiger partial charge in [0.05, 0.1) is 25.0 Å². The molecule has 2 N–H and O–H groups in total. The minimum absolute atomic E-state index is 0.00560. The fraction of sp³-hybridized carbons (Fsp3) is 0.462. The second-order valence-corrected chi connectivity index (χ2v) is 4.20. The quantitative estimate of drug-likeness (QED) is 0.653. The molecular weight excluding hydrogens is 234 g/mol. The highest BCUT2D eigenvalue weighted by Gasteiger charge is 2.17. The van der Waals surface area contributed by atoms with Gasteiger partial charge in [0, 0.05) is 6.61 Å². The zero-order valence-corrected chi connectivity index (χ0v) is 10.3. The Labute approximate surface area is 106 Å². The summed E-state index contributed by atoms with van der Waals surface area (Å²) < 4.78 is 15.8. The number of benzene rings is 1. The van der Waals surface area contributed by atoms with Crippen molar-refractivity contribution in [2.24, 2.45) is 0 Å². The Balaban J connectivity index is 2.12. The first kappa shape index (κ1) is 12.7. The Bertz CT molecular complexity index is 427. The molecule has 1 aromatic carbocycles. The van der Waals surface area contributed by atoms with E-state index in [1.165, 1.54) is 7.11 Å². The van der Waals surface area contributed by atoms with E-state index in [9.17, 15) is 4.79 Å². The number of nitrogen functional groups attached to an aromatic ring is 1. The molecule has 0 saturated carbocycles. The molecule has 0 radical (unpaired) electrons. The van der Waals surface area contributed by atoms with Crippen molar-refractivity contribution < 1.29 is 19.0 Å². The molecule has 1 fully saturated rings. The van der Waals surface area contributed by atoms with Gasteiger partial charge in [-0.05, 0) is 31.0 Å². The summed E-state index contributed by atoms with van der Waals surface area (Å²) in [5, 5.41) is 0. The third-order valence-corrected chi connectivity index (χ3v) is 2.85. The fourth-order valence-electron chi connectivity index (χ4n) is 1.86. The number of hydrogen-bond acceptors (Lipinski definition) is 5. The van der Waals surface area contributed by atoms with Crippen molar-refractivity contribution in [2.45, 2.75) is 18.9 Å². The molecule has 1 aliphatic heterocycles. The molecular formula is C13H17NO4. The van der Waals surface area contributed by atoms with Gasteiger partial charge in [-0.15, -0.1) is 0 Å². The largest absolute Gasteiger partial charge is 0.486 e. The van der Waals surface area contributed by atoms with E-state index in [2.05, 4.69) is 4.74 Å². The van der Waals surface area contributed by atoms with E-state index in [0.717, 1.165) is 19.4 Å². The van der Waals surface area contributed by atoms with E-state index < -0.39 is 5.97 Å². The monoisotopic (exact) mass is 251 g/mol. The summed E-state index contributed by atoms with van der Waals surface area (Å²) in [6, 6.07) is 4.87. The molecule has 1 aromatic rings. The van der Waals surface area contributed by atoms with Crippen molar-refractivity contribution >= 4 is 11.7 Å². The zero-order valence-electron chi connectivity index (χ0n) is 10.3. The van der Waals surface area contributed by atoms with Crippen LogP contribution in [0.25, 0.3) is 0 Å². The van der Waals surface area contributed by atoms with E-state index in [-0.39, 0.29) is 6.10 Å². The van der Waals surface area contributed by atoms with Gasteiger partial charge >= 0.3 is 5.97 Å². The molecule has 1 saturated heterocycles. The molecule has 0 aliphatic carbocycles. The standard InChI is InChI=1S/C13H17NO4/c1-16-13(15)9-4-5-11(14)12(7-9)18-10-3-2-6-17-8-10/h4-5,7,10H,2-3,6,8,14H2,1H3. The molecule has 1 atom stereocenters. The highest BCUT2D eigenvalue weighted by Crippen LogP contribution is 2.26. The summed E-state index contributed by atoms with van der Waals surface area (Å²) in [5.41, 5.74) is 6.77. The number of carbonyl (C=O) groups excluding carboxylic acids is 1. The van der Waals surface area contributed by atoms with Gasteiger partial charge in [-0.2, -0.15) is 0 Å². The third kappa shape index (κ3) is 2.92. The molecule has 0 bridgehead atoms. The smallest absolute Gasteiger partial charge is 0.337 e. The first-order chi connectivity index (χ1) is 8.70. The van der Waals surface area contributed by atoms with Crippen LogP contribution >= 0.6 is 0 Å². The van der Waals surface area contributed by atoms with Gasteiger partial charge < -0.3 is 19.9 Å². The molecule has 0 spiro atoms. The average molecular weight is 251 g/mol. The predicted molar refractivity (Wildman–Crippen MR) is 66.7 cm³/mol. The number of anilines is 1. The van der Waals surface area contributed by atoms with Crippen molar-refractivity contribution in [1.29, 1.82) is 0 Å². The highest BCUT2D eigenvalue weighted by atomic mass is 16.5. The number of ether oxygens (including phenoxy) is 3. The van der Waals surface area contributed by atoms with Crippen LogP contribution in [0.1, 0.15) is 23.2 Å². The first-order valence-corrected chi connectivity index (χ1v) is 5.93. The molecule has 1 heterocycles. The van der Waals surface area contributed by atoms with Crippen LogP contribution in [0.5, 0.6) is 5.75 Å². The van der Waals surface area contributed by atoms with Crippen molar-refractivity contribution in [3.8, 4) is 5.75 Å². The van der Waals surface area contributed by atoms with Crippen LogP contribution in [0.3, 0.4) is 0 Å². The number of hydrogen-bond donors (Lipinski definition) is 1. The highest BCUT2D eigenvalue weighted by molar-refractivity contribution is 5.90. The Morgan fingerprint density at radius 2 is 2.33 bits per heavy atom. The summed E-state index contributed by atoms with van der Waals surface area (Å²) in [4.78, 5) is 11.4. The van der Waals surface area contributed by atoms with Crippen LogP contribution < -0.4 is 10.5 Å². The van der Waals surface area contributed by atoms with E-state index in [0.29, 0.717) is 23.6 Å². The second-order valence-electron chi connectivity index (χ2n) is 4.20. The summed E-state index contributed by atoms with van der Waals surface area (Å²) in [5.74, 6) is 0.105. The molecule has 2 rings (SSSR count). The van der Waals surface area contributed by atoms with Gasteiger partial charge in [-0.1, -0.05) is 0 Å². The van der Waals surface area contributed by atoms with E-state index in [4.69, 9.17) is 15.2 Å². The number of rotatable bonds is 3. The molecule has 5 nitrogen and oxygen atoms in total. The number of carbonyl (C=O) groups is 1. The Morgan fingerprint density at radius 3 is 3.00 bits per heavy atom. The molecule has 0 aromatic heterocycles. The Morgan fingerprint density at radius 1 is 1.50 bits per heavy atom. The molecule has 98 valence electrons. The lowest BCUT2D eigenvalue weighted by Gasteiger charge is -2.24. The van der Waals surface area contributed by atoms with E-state index in [1.807, 2.05) is 0 Å². The van der Waals surface area contributed by atoms with E-state index >= 15 is 0 Å². The fourth-order valence-corrected chi connectivity index (χ4v) is 1.86. The third-order valence-electron chi connectivity index (χ3n) is 2.85. The topological polar surface area (TPSA) is 70.8 Å². The summed E-state index contributed by atoms with van der Waals surface area (Å²) in [6.45, 7) is 1.33. The molecule has 18 heavy (non-hydrogen) atoms. The normalized spacial score (nSPS) is 19.3. The van der Waals surface area contributed by atoms with Gasteiger partial charge in [-0.25, -0.2) is 4.79 Å². The van der Waals surface area contributed by atoms with Crippen LogP contribution in [0.15, 0.2) is 18.2 Å². The Kier molecular flexibility index (Phi) is 4.04. The van der Waals surface area contributed by atoms with Gasteiger partial charge in [-0.3, -0.25) is 0 Å². The minimum Gasteiger partial charge on any atom is -0.486 e. The lowest BCUT2D eigenvalue weighted by Crippen LogP contribution is -2.28.